The normalized spacial score (nSPS) is 23.4. The largest absolute Gasteiger partial charge is 0.445 e. The first-order chi connectivity index (χ1) is 8.74. The van der Waals surface area contributed by atoms with E-state index in [0.717, 1.165) is 25.1 Å². The number of ether oxygens (including phenoxy) is 1. The lowest BCUT2D eigenvalue weighted by Gasteiger charge is -2.28. The van der Waals surface area contributed by atoms with Gasteiger partial charge in [0.2, 0.25) is 0 Å². The summed E-state index contributed by atoms with van der Waals surface area (Å²) in [6.45, 7) is 4.35. The zero-order chi connectivity index (χ0) is 12.8. The van der Waals surface area contributed by atoms with E-state index in [-0.39, 0.29) is 12.1 Å². The predicted octanol–water partition coefficient (Wildman–Crippen LogP) is 1.91. The predicted molar refractivity (Wildman–Crippen MR) is 70.2 cm³/mol. The molecule has 0 spiro atoms. The van der Waals surface area contributed by atoms with Gasteiger partial charge in [-0.05, 0) is 24.4 Å². The van der Waals surface area contributed by atoms with Crippen molar-refractivity contribution in [2.45, 2.75) is 26.0 Å². The Balaban J connectivity index is 1.72. The summed E-state index contributed by atoms with van der Waals surface area (Å²) >= 11 is 0. The van der Waals surface area contributed by atoms with Crippen LogP contribution in [0.2, 0.25) is 0 Å². The fourth-order valence-electron chi connectivity index (χ4n) is 2.20. The summed E-state index contributed by atoms with van der Waals surface area (Å²) in [4.78, 5) is 11.6. The number of hydrogen-bond acceptors (Lipinski definition) is 3. The van der Waals surface area contributed by atoms with Crippen LogP contribution >= 0.6 is 0 Å². The topological polar surface area (TPSA) is 50.4 Å². The van der Waals surface area contributed by atoms with Gasteiger partial charge in [-0.3, -0.25) is 0 Å². The van der Waals surface area contributed by atoms with Crippen LogP contribution in [-0.2, 0) is 11.3 Å². The van der Waals surface area contributed by atoms with E-state index in [1.165, 1.54) is 0 Å². The third kappa shape index (κ3) is 4.04. The van der Waals surface area contributed by atoms with Crippen molar-refractivity contribution in [3.8, 4) is 0 Å². The molecule has 4 heteroatoms. The van der Waals surface area contributed by atoms with Crippen LogP contribution in [0.1, 0.15) is 18.9 Å². The maximum absolute atomic E-state index is 11.6. The van der Waals surface area contributed by atoms with Crippen LogP contribution in [-0.4, -0.2) is 25.2 Å². The second-order valence-electron chi connectivity index (χ2n) is 4.90. The monoisotopic (exact) mass is 248 g/mol. The highest BCUT2D eigenvalue weighted by molar-refractivity contribution is 5.67. The molecule has 1 amide bonds. The lowest BCUT2D eigenvalue weighted by Crippen LogP contribution is -2.48. The molecule has 1 fully saturated rings. The standard InChI is InChI=1S/C14H20N2O2/c1-11-7-13(9-15-8-11)16-14(17)18-10-12-5-3-2-4-6-12/h2-6,11,13,15H,7-10H2,1H3,(H,16,17)/t11-,13+/m1/s1. The molecule has 1 aromatic carbocycles. The molecule has 1 aliphatic rings. The van der Waals surface area contributed by atoms with E-state index in [1.54, 1.807) is 0 Å². The van der Waals surface area contributed by atoms with Crippen molar-refractivity contribution >= 4 is 6.09 Å². The number of alkyl carbamates (subject to hydrolysis) is 1. The number of amides is 1. The first-order valence-corrected chi connectivity index (χ1v) is 6.42. The van der Waals surface area contributed by atoms with E-state index in [1.807, 2.05) is 30.3 Å². The Morgan fingerprint density at radius 3 is 2.89 bits per heavy atom. The molecule has 2 rings (SSSR count). The second kappa shape index (κ2) is 6.40. The van der Waals surface area contributed by atoms with Crippen molar-refractivity contribution in [2.24, 2.45) is 5.92 Å². The summed E-state index contributed by atoms with van der Waals surface area (Å²) in [7, 11) is 0. The number of benzene rings is 1. The molecule has 0 aromatic heterocycles. The third-order valence-electron chi connectivity index (χ3n) is 3.11. The van der Waals surface area contributed by atoms with Gasteiger partial charge in [0.05, 0.1) is 0 Å². The molecule has 2 atom stereocenters. The van der Waals surface area contributed by atoms with Gasteiger partial charge < -0.3 is 15.4 Å². The zero-order valence-corrected chi connectivity index (χ0v) is 10.7. The first-order valence-electron chi connectivity index (χ1n) is 6.42. The molecule has 0 radical (unpaired) electrons. The SMILES string of the molecule is C[C@H]1CNC[C@@H](NC(=O)OCc2ccccc2)C1. The summed E-state index contributed by atoms with van der Waals surface area (Å²) in [5, 5.41) is 6.19. The van der Waals surface area contributed by atoms with Crippen LogP contribution in [0.15, 0.2) is 30.3 Å². The highest BCUT2D eigenvalue weighted by Crippen LogP contribution is 2.09. The number of piperidine rings is 1. The minimum absolute atomic E-state index is 0.178. The van der Waals surface area contributed by atoms with E-state index in [4.69, 9.17) is 4.74 Å². The average Bonchev–Trinajstić information content (AvgIpc) is 2.38. The fourth-order valence-corrected chi connectivity index (χ4v) is 2.20. The van der Waals surface area contributed by atoms with Crippen LogP contribution in [0.25, 0.3) is 0 Å². The number of rotatable bonds is 3. The molecule has 18 heavy (non-hydrogen) atoms. The molecule has 1 heterocycles. The lowest BCUT2D eigenvalue weighted by molar-refractivity contribution is 0.132. The van der Waals surface area contributed by atoms with Crippen LogP contribution in [0.5, 0.6) is 0 Å². The molecule has 4 nitrogen and oxygen atoms in total. The number of nitrogens with one attached hydrogen (secondary N) is 2. The molecular formula is C14H20N2O2. The summed E-state index contributed by atoms with van der Waals surface area (Å²) in [5.74, 6) is 0.596. The summed E-state index contributed by atoms with van der Waals surface area (Å²) in [6, 6.07) is 9.87. The number of carbonyl (C=O) groups excluding carboxylic acids is 1. The molecule has 1 aliphatic heterocycles. The Morgan fingerprint density at radius 2 is 2.17 bits per heavy atom. The molecule has 1 saturated heterocycles. The summed E-state index contributed by atoms with van der Waals surface area (Å²) in [5.41, 5.74) is 1.00. The van der Waals surface area contributed by atoms with Crippen molar-refractivity contribution in [1.82, 2.24) is 10.6 Å². The highest BCUT2D eigenvalue weighted by Gasteiger charge is 2.20. The van der Waals surface area contributed by atoms with E-state index >= 15 is 0 Å². The third-order valence-corrected chi connectivity index (χ3v) is 3.11. The molecule has 0 unspecified atom stereocenters. The average molecular weight is 248 g/mol. The molecule has 2 N–H and O–H groups in total. The molecule has 98 valence electrons. The minimum atomic E-state index is -0.334. The maximum Gasteiger partial charge on any atom is 0.407 e. The van der Waals surface area contributed by atoms with Gasteiger partial charge in [-0.25, -0.2) is 4.79 Å². The smallest absolute Gasteiger partial charge is 0.407 e. The molecule has 0 bridgehead atoms. The Bertz CT molecular complexity index is 381. The molecular weight excluding hydrogens is 228 g/mol. The zero-order valence-electron chi connectivity index (χ0n) is 10.7. The maximum atomic E-state index is 11.6. The van der Waals surface area contributed by atoms with Gasteiger partial charge in [0.25, 0.3) is 0 Å². The van der Waals surface area contributed by atoms with E-state index < -0.39 is 0 Å². The van der Waals surface area contributed by atoms with Crippen molar-refractivity contribution in [3.63, 3.8) is 0 Å². The fraction of sp³-hybridized carbons (Fsp3) is 0.500. The van der Waals surface area contributed by atoms with Crippen LogP contribution in [0.3, 0.4) is 0 Å². The van der Waals surface area contributed by atoms with Crippen molar-refractivity contribution in [3.05, 3.63) is 35.9 Å². The van der Waals surface area contributed by atoms with Gasteiger partial charge in [0, 0.05) is 12.6 Å². The van der Waals surface area contributed by atoms with Gasteiger partial charge in [-0.15, -0.1) is 0 Å². The highest BCUT2D eigenvalue weighted by atomic mass is 16.5. The van der Waals surface area contributed by atoms with Crippen LogP contribution in [0.4, 0.5) is 4.79 Å². The Morgan fingerprint density at radius 1 is 1.39 bits per heavy atom. The van der Waals surface area contributed by atoms with E-state index in [9.17, 15) is 4.79 Å². The number of hydrogen-bond donors (Lipinski definition) is 2. The van der Waals surface area contributed by atoms with Crippen molar-refractivity contribution in [1.29, 1.82) is 0 Å². The van der Waals surface area contributed by atoms with Gasteiger partial charge in [0.15, 0.2) is 0 Å². The van der Waals surface area contributed by atoms with Crippen LogP contribution in [0, 0.1) is 5.92 Å². The first kappa shape index (κ1) is 12.9. The molecule has 1 aromatic rings. The second-order valence-corrected chi connectivity index (χ2v) is 4.90. The van der Waals surface area contributed by atoms with Crippen molar-refractivity contribution in [2.75, 3.05) is 13.1 Å². The summed E-state index contributed by atoms with van der Waals surface area (Å²) in [6.07, 6.45) is 0.674. The van der Waals surface area contributed by atoms with E-state index in [2.05, 4.69) is 17.6 Å². The van der Waals surface area contributed by atoms with E-state index in [0.29, 0.717) is 12.5 Å². The Hall–Kier alpha value is -1.55. The molecule has 0 saturated carbocycles. The number of carbonyl (C=O) groups is 1. The van der Waals surface area contributed by atoms with Crippen LogP contribution < -0.4 is 10.6 Å². The van der Waals surface area contributed by atoms with Gasteiger partial charge in [0.1, 0.15) is 6.61 Å². The quantitative estimate of drug-likeness (QED) is 0.859. The molecule has 0 aliphatic carbocycles. The van der Waals surface area contributed by atoms with Crippen molar-refractivity contribution < 1.29 is 9.53 Å². The van der Waals surface area contributed by atoms with Gasteiger partial charge >= 0.3 is 6.09 Å². The lowest BCUT2D eigenvalue weighted by atomic mass is 9.98. The minimum Gasteiger partial charge on any atom is -0.445 e. The summed E-state index contributed by atoms with van der Waals surface area (Å²) < 4.78 is 5.19. The van der Waals surface area contributed by atoms with Gasteiger partial charge in [-0.2, -0.15) is 0 Å². The Kier molecular flexibility index (Phi) is 4.59. The van der Waals surface area contributed by atoms with Gasteiger partial charge in [-0.1, -0.05) is 37.3 Å². The Labute approximate surface area is 108 Å².